The number of fused-ring (bicyclic) bond motifs is 1. The first kappa shape index (κ1) is 12.6. The summed E-state index contributed by atoms with van der Waals surface area (Å²) in [4.78, 5) is 4.08. The molecule has 0 radical (unpaired) electrons. The molecule has 2 aromatic heterocycles. The van der Waals surface area contributed by atoms with Crippen molar-refractivity contribution < 1.29 is 9.84 Å². The van der Waals surface area contributed by atoms with E-state index in [1.807, 2.05) is 31.2 Å². The Morgan fingerprint density at radius 2 is 2.10 bits per heavy atom. The van der Waals surface area contributed by atoms with Crippen molar-refractivity contribution in [1.29, 1.82) is 0 Å². The largest absolute Gasteiger partial charge is 0.493 e. The lowest BCUT2D eigenvalue weighted by molar-refractivity contribution is 0.213. The fourth-order valence-electron chi connectivity index (χ4n) is 2.22. The predicted molar refractivity (Wildman–Crippen MR) is 74.7 cm³/mol. The number of hydrogen-bond donors (Lipinski definition) is 1. The highest BCUT2D eigenvalue weighted by molar-refractivity contribution is 5.56. The van der Waals surface area contributed by atoms with Crippen LogP contribution >= 0.6 is 0 Å². The molecule has 1 atom stereocenters. The lowest BCUT2D eigenvalue weighted by Gasteiger charge is -2.14. The first-order valence-electron chi connectivity index (χ1n) is 6.48. The van der Waals surface area contributed by atoms with Gasteiger partial charge in [-0.15, -0.1) is 0 Å². The van der Waals surface area contributed by atoms with Gasteiger partial charge in [-0.05, 0) is 13.0 Å². The van der Waals surface area contributed by atoms with E-state index < -0.39 is 6.10 Å². The Morgan fingerprint density at radius 3 is 2.95 bits per heavy atom. The zero-order valence-corrected chi connectivity index (χ0v) is 11.1. The molecule has 3 rings (SSSR count). The van der Waals surface area contributed by atoms with Gasteiger partial charge in [-0.25, -0.2) is 4.52 Å². The van der Waals surface area contributed by atoms with Crippen molar-refractivity contribution in [3.8, 4) is 5.75 Å². The average Bonchev–Trinajstić information content (AvgIpc) is 2.91. The summed E-state index contributed by atoms with van der Waals surface area (Å²) in [6.45, 7) is 2.47. The van der Waals surface area contributed by atoms with Crippen molar-refractivity contribution in [3.63, 3.8) is 0 Å². The van der Waals surface area contributed by atoms with Gasteiger partial charge in [0, 0.05) is 23.5 Å². The van der Waals surface area contributed by atoms with Crippen molar-refractivity contribution in [2.75, 3.05) is 6.61 Å². The molecule has 1 unspecified atom stereocenters. The van der Waals surface area contributed by atoms with Crippen LogP contribution in [-0.2, 0) is 0 Å². The molecule has 102 valence electrons. The van der Waals surface area contributed by atoms with Gasteiger partial charge >= 0.3 is 0 Å². The minimum Gasteiger partial charge on any atom is -0.493 e. The summed E-state index contributed by atoms with van der Waals surface area (Å²) < 4.78 is 7.25. The number of aliphatic hydroxyl groups excluding tert-OH is 1. The quantitative estimate of drug-likeness (QED) is 0.789. The van der Waals surface area contributed by atoms with Gasteiger partial charge < -0.3 is 9.84 Å². The molecule has 0 aliphatic heterocycles. The van der Waals surface area contributed by atoms with Gasteiger partial charge in [0.2, 0.25) is 0 Å². The molecule has 5 nitrogen and oxygen atoms in total. The Hall–Kier alpha value is -2.40. The van der Waals surface area contributed by atoms with Crippen LogP contribution in [0.5, 0.6) is 5.75 Å². The molecular weight excluding hydrogens is 254 g/mol. The van der Waals surface area contributed by atoms with Crippen molar-refractivity contribution in [1.82, 2.24) is 14.6 Å². The second-order valence-corrected chi connectivity index (χ2v) is 4.38. The third-order valence-electron chi connectivity index (χ3n) is 3.16. The Bertz CT molecular complexity index is 724. The molecule has 0 spiro atoms. The molecule has 0 amide bonds. The van der Waals surface area contributed by atoms with Crippen molar-refractivity contribution in [2.45, 2.75) is 13.0 Å². The second kappa shape index (κ2) is 5.30. The van der Waals surface area contributed by atoms with Gasteiger partial charge in [0.05, 0.1) is 24.5 Å². The lowest BCUT2D eigenvalue weighted by atomic mass is 10.0. The van der Waals surface area contributed by atoms with E-state index in [1.165, 1.54) is 0 Å². The van der Waals surface area contributed by atoms with Gasteiger partial charge in [0.15, 0.2) is 0 Å². The van der Waals surface area contributed by atoms with E-state index in [0.29, 0.717) is 17.9 Å². The van der Waals surface area contributed by atoms with Crippen molar-refractivity contribution in [2.24, 2.45) is 0 Å². The molecular formula is C15H15N3O2. The Morgan fingerprint density at radius 1 is 1.25 bits per heavy atom. The normalized spacial score (nSPS) is 12.5. The molecule has 3 aromatic rings. The molecule has 1 N–H and O–H groups in total. The number of para-hydroxylation sites is 1. The summed E-state index contributed by atoms with van der Waals surface area (Å²) >= 11 is 0. The number of nitrogens with zero attached hydrogens (tertiary/aromatic N) is 3. The predicted octanol–water partition coefficient (Wildman–Crippen LogP) is 2.21. The molecule has 0 saturated heterocycles. The van der Waals surface area contributed by atoms with Gasteiger partial charge in [-0.1, -0.05) is 18.2 Å². The molecule has 0 aliphatic carbocycles. The van der Waals surface area contributed by atoms with Crippen LogP contribution in [0.4, 0.5) is 0 Å². The number of aromatic nitrogens is 3. The van der Waals surface area contributed by atoms with Gasteiger partial charge in [-0.2, -0.15) is 5.10 Å². The van der Waals surface area contributed by atoms with Crippen LogP contribution in [0.25, 0.3) is 5.52 Å². The van der Waals surface area contributed by atoms with Crippen molar-refractivity contribution in [3.05, 3.63) is 60.2 Å². The Labute approximate surface area is 116 Å². The zero-order chi connectivity index (χ0) is 13.9. The highest BCUT2D eigenvalue weighted by Crippen LogP contribution is 2.31. The van der Waals surface area contributed by atoms with E-state index in [-0.39, 0.29) is 0 Å². The maximum absolute atomic E-state index is 10.6. The lowest BCUT2D eigenvalue weighted by Crippen LogP contribution is -2.03. The van der Waals surface area contributed by atoms with E-state index >= 15 is 0 Å². The second-order valence-electron chi connectivity index (χ2n) is 4.38. The van der Waals surface area contributed by atoms with Gasteiger partial charge in [-0.3, -0.25) is 4.98 Å². The maximum Gasteiger partial charge on any atom is 0.125 e. The maximum atomic E-state index is 10.6. The smallest absolute Gasteiger partial charge is 0.125 e. The minimum absolute atomic E-state index is 0.556. The van der Waals surface area contributed by atoms with Crippen LogP contribution in [0.2, 0.25) is 0 Å². The van der Waals surface area contributed by atoms with Crippen LogP contribution in [-0.4, -0.2) is 26.3 Å². The van der Waals surface area contributed by atoms with E-state index in [0.717, 1.165) is 11.1 Å². The standard InChI is InChI=1S/C15H15N3O2/c1-2-20-14-6-4-3-5-11(14)15(19)12-9-17-18-8-7-16-10-13(12)18/h3-10,15,19H,2H2,1H3. The highest BCUT2D eigenvalue weighted by Gasteiger charge is 2.19. The van der Waals surface area contributed by atoms with E-state index in [4.69, 9.17) is 4.74 Å². The number of hydrogen-bond acceptors (Lipinski definition) is 4. The topological polar surface area (TPSA) is 59.7 Å². The molecule has 1 aromatic carbocycles. The summed E-state index contributed by atoms with van der Waals surface area (Å²) in [6.07, 6.45) is 5.96. The molecule has 5 heteroatoms. The Balaban J connectivity index is 2.06. The molecule has 2 heterocycles. The van der Waals surface area contributed by atoms with Crippen LogP contribution in [0.1, 0.15) is 24.2 Å². The SMILES string of the molecule is CCOc1ccccc1C(O)c1cnn2ccncc12. The van der Waals surface area contributed by atoms with E-state index in [1.54, 1.807) is 29.3 Å². The summed E-state index contributed by atoms with van der Waals surface area (Å²) in [5, 5.41) is 14.8. The summed E-state index contributed by atoms with van der Waals surface area (Å²) in [5.41, 5.74) is 2.23. The monoisotopic (exact) mass is 269 g/mol. The van der Waals surface area contributed by atoms with E-state index in [2.05, 4.69) is 10.1 Å². The molecule has 0 bridgehead atoms. The summed E-state index contributed by atoms with van der Waals surface area (Å²) in [5.74, 6) is 0.686. The van der Waals surface area contributed by atoms with Crippen molar-refractivity contribution >= 4 is 5.52 Å². The summed E-state index contributed by atoms with van der Waals surface area (Å²) in [7, 11) is 0. The van der Waals surface area contributed by atoms with Gasteiger partial charge in [0.25, 0.3) is 0 Å². The molecule has 20 heavy (non-hydrogen) atoms. The molecule has 0 fully saturated rings. The highest BCUT2D eigenvalue weighted by atomic mass is 16.5. The molecule has 0 aliphatic rings. The number of benzene rings is 1. The first-order valence-corrected chi connectivity index (χ1v) is 6.48. The van der Waals surface area contributed by atoms with Crippen LogP contribution in [0, 0.1) is 0 Å². The van der Waals surface area contributed by atoms with Crippen LogP contribution in [0.15, 0.2) is 49.1 Å². The summed E-state index contributed by atoms with van der Waals surface area (Å²) in [6, 6.07) is 7.48. The van der Waals surface area contributed by atoms with Gasteiger partial charge in [0.1, 0.15) is 11.9 Å². The number of aliphatic hydroxyl groups is 1. The third kappa shape index (κ3) is 2.12. The number of rotatable bonds is 4. The first-order chi connectivity index (χ1) is 9.81. The third-order valence-corrected chi connectivity index (χ3v) is 3.16. The fraction of sp³-hybridized carbons (Fsp3) is 0.200. The van der Waals surface area contributed by atoms with Crippen LogP contribution < -0.4 is 4.74 Å². The fourth-order valence-corrected chi connectivity index (χ4v) is 2.22. The average molecular weight is 269 g/mol. The minimum atomic E-state index is -0.792. The Kier molecular flexibility index (Phi) is 3.35. The molecule has 0 saturated carbocycles. The van der Waals surface area contributed by atoms with E-state index in [9.17, 15) is 5.11 Å². The zero-order valence-electron chi connectivity index (χ0n) is 11.1. The number of ether oxygens (including phenoxy) is 1. The van der Waals surface area contributed by atoms with Crippen LogP contribution in [0.3, 0.4) is 0 Å².